The molecule has 168 valence electrons. The summed E-state index contributed by atoms with van der Waals surface area (Å²) in [5, 5.41) is 0. The first-order chi connectivity index (χ1) is 14.7. The highest BCUT2D eigenvalue weighted by molar-refractivity contribution is 5.74. The van der Waals surface area contributed by atoms with Crippen molar-refractivity contribution < 1.29 is 9.53 Å². The Morgan fingerprint density at radius 2 is 1.77 bits per heavy atom. The summed E-state index contributed by atoms with van der Waals surface area (Å²) in [4.78, 5) is 15.1. The van der Waals surface area contributed by atoms with Gasteiger partial charge in [0.1, 0.15) is 0 Å². The lowest BCUT2D eigenvalue weighted by Gasteiger charge is -2.45. The first-order valence-electron chi connectivity index (χ1n) is 13.0. The van der Waals surface area contributed by atoms with E-state index in [1.54, 1.807) is 7.11 Å². The predicted molar refractivity (Wildman–Crippen MR) is 122 cm³/mol. The molecule has 4 atom stereocenters. The van der Waals surface area contributed by atoms with E-state index in [-0.39, 0.29) is 11.9 Å². The second-order valence-electron chi connectivity index (χ2n) is 10.7. The van der Waals surface area contributed by atoms with Crippen LogP contribution in [0.25, 0.3) is 0 Å². The van der Waals surface area contributed by atoms with Crippen LogP contribution in [0.5, 0.6) is 0 Å². The topological polar surface area (TPSA) is 29.5 Å². The third-order valence-electron chi connectivity index (χ3n) is 9.11. The van der Waals surface area contributed by atoms with Gasteiger partial charge in [0, 0.05) is 24.4 Å². The molecule has 2 bridgehead atoms. The van der Waals surface area contributed by atoms with Crippen LogP contribution >= 0.6 is 0 Å². The van der Waals surface area contributed by atoms with E-state index in [4.69, 9.17) is 4.74 Å². The van der Waals surface area contributed by atoms with Gasteiger partial charge in [-0.1, -0.05) is 38.0 Å². The molecule has 0 spiro atoms. The Balaban J connectivity index is 1.23. The van der Waals surface area contributed by atoms with Crippen molar-refractivity contribution in [3.63, 3.8) is 0 Å². The molecule has 2 saturated heterocycles. The summed E-state index contributed by atoms with van der Waals surface area (Å²) in [5.74, 6) is 10.1. The number of fused-ring (bicyclic) bond motifs is 2. The maximum absolute atomic E-state index is 12.7. The van der Waals surface area contributed by atoms with Gasteiger partial charge in [-0.2, -0.15) is 0 Å². The first-order valence-corrected chi connectivity index (χ1v) is 13.0. The third-order valence-corrected chi connectivity index (χ3v) is 9.11. The summed E-state index contributed by atoms with van der Waals surface area (Å²) in [5.41, 5.74) is 0. The standard InChI is InChI=1S/C27H43NO2/c1-28-23-17-18-25(28)26(27(29)30-2)24(19-23)22-15-13-21(14-16-22)12-8-4-7-11-20-9-5-3-6-10-20/h20-26H,3-7,9-11,13-19H2,1-2H3/t21?,22?,23-,24-,25?,26?/m1/s1. The molecular formula is C27H43NO2. The van der Waals surface area contributed by atoms with Crippen molar-refractivity contribution in [2.45, 2.75) is 108 Å². The van der Waals surface area contributed by atoms with Crippen molar-refractivity contribution in [2.75, 3.05) is 14.2 Å². The largest absolute Gasteiger partial charge is 0.469 e. The lowest BCUT2D eigenvalue weighted by atomic mass is 9.67. The molecule has 2 saturated carbocycles. The lowest BCUT2D eigenvalue weighted by molar-refractivity contribution is -0.154. The minimum absolute atomic E-state index is 0.0390. The molecule has 0 aromatic heterocycles. The van der Waals surface area contributed by atoms with Crippen LogP contribution in [-0.4, -0.2) is 37.1 Å². The number of ether oxygens (including phenoxy) is 1. The fourth-order valence-corrected chi connectivity index (χ4v) is 7.32. The van der Waals surface area contributed by atoms with Gasteiger partial charge in [0.25, 0.3) is 0 Å². The molecule has 2 aliphatic carbocycles. The summed E-state index contributed by atoms with van der Waals surface area (Å²) >= 11 is 0. The second kappa shape index (κ2) is 10.5. The molecule has 2 unspecified atom stereocenters. The quantitative estimate of drug-likeness (QED) is 0.323. The van der Waals surface area contributed by atoms with Crippen LogP contribution in [0.3, 0.4) is 0 Å². The molecule has 0 aromatic carbocycles. The van der Waals surface area contributed by atoms with E-state index in [0.29, 0.717) is 29.8 Å². The lowest BCUT2D eigenvalue weighted by Crippen LogP contribution is -2.52. The Kier molecular flexibility index (Phi) is 7.79. The van der Waals surface area contributed by atoms with Crippen LogP contribution in [-0.2, 0) is 9.53 Å². The predicted octanol–water partition coefficient (Wildman–Crippen LogP) is 5.82. The monoisotopic (exact) mass is 413 g/mol. The number of hydrogen-bond donors (Lipinski definition) is 0. The molecule has 30 heavy (non-hydrogen) atoms. The number of unbranched alkanes of at least 4 members (excludes halogenated alkanes) is 1. The minimum atomic E-state index is 0.0390. The van der Waals surface area contributed by atoms with Crippen molar-refractivity contribution in [3.8, 4) is 11.8 Å². The number of hydrogen-bond acceptors (Lipinski definition) is 3. The van der Waals surface area contributed by atoms with Crippen LogP contribution < -0.4 is 0 Å². The average Bonchev–Trinajstić information content (AvgIpc) is 3.01. The molecule has 0 radical (unpaired) electrons. The second-order valence-corrected chi connectivity index (χ2v) is 10.7. The molecular weight excluding hydrogens is 370 g/mol. The van der Waals surface area contributed by atoms with Gasteiger partial charge >= 0.3 is 5.97 Å². The zero-order valence-corrected chi connectivity index (χ0v) is 19.4. The molecule has 2 aliphatic heterocycles. The van der Waals surface area contributed by atoms with Gasteiger partial charge in [0.15, 0.2) is 0 Å². The van der Waals surface area contributed by atoms with Crippen LogP contribution in [0, 0.1) is 41.4 Å². The van der Waals surface area contributed by atoms with E-state index in [1.165, 1.54) is 89.9 Å². The average molecular weight is 414 g/mol. The molecule has 0 aromatic rings. The summed E-state index contributed by atoms with van der Waals surface area (Å²) in [6, 6.07) is 1.09. The number of methoxy groups -OCH3 is 1. The number of carbonyl (C=O) groups excluding carboxylic acids is 1. The number of carbonyl (C=O) groups is 1. The van der Waals surface area contributed by atoms with Crippen molar-refractivity contribution in [1.82, 2.24) is 4.90 Å². The maximum atomic E-state index is 12.7. The Morgan fingerprint density at radius 1 is 1.00 bits per heavy atom. The van der Waals surface area contributed by atoms with E-state index in [2.05, 4.69) is 23.8 Å². The van der Waals surface area contributed by atoms with E-state index in [1.807, 2.05) is 0 Å². The minimum Gasteiger partial charge on any atom is -0.469 e. The summed E-state index contributed by atoms with van der Waals surface area (Å²) in [6.07, 6.45) is 19.7. The normalized spacial score (nSPS) is 37.4. The van der Waals surface area contributed by atoms with Gasteiger partial charge in [0.2, 0.25) is 0 Å². The first kappa shape index (κ1) is 22.2. The van der Waals surface area contributed by atoms with Gasteiger partial charge < -0.3 is 4.74 Å². The smallest absolute Gasteiger partial charge is 0.310 e. The number of rotatable bonds is 5. The molecule has 4 rings (SSSR count). The summed E-state index contributed by atoms with van der Waals surface area (Å²) < 4.78 is 5.26. The van der Waals surface area contributed by atoms with Gasteiger partial charge in [0.05, 0.1) is 13.0 Å². The molecule has 0 N–H and O–H groups in total. The fourth-order valence-electron chi connectivity index (χ4n) is 7.32. The van der Waals surface area contributed by atoms with Crippen LogP contribution in [0.1, 0.15) is 96.3 Å². The molecule has 3 heteroatoms. The Morgan fingerprint density at radius 3 is 2.50 bits per heavy atom. The molecule has 0 amide bonds. The van der Waals surface area contributed by atoms with E-state index in [0.717, 1.165) is 12.3 Å². The maximum Gasteiger partial charge on any atom is 0.310 e. The highest BCUT2D eigenvalue weighted by atomic mass is 16.5. The number of esters is 1. The SMILES string of the molecule is COC(=O)C1C2CC[C@H](C[C@@H]1C1CCC(C#CCCCC3CCCCC3)CC1)N2C. The highest BCUT2D eigenvalue weighted by Gasteiger charge is 2.51. The van der Waals surface area contributed by atoms with Crippen LogP contribution in [0.2, 0.25) is 0 Å². The Hall–Kier alpha value is -1.01. The third kappa shape index (κ3) is 5.07. The summed E-state index contributed by atoms with van der Waals surface area (Å²) in [7, 11) is 3.79. The molecule has 3 nitrogen and oxygen atoms in total. The van der Waals surface area contributed by atoms with Gasteiger partial charge in [-0.05, 0) is 82.6 Å². The van der Waals surface area contributed by atoms with Gasteiger partial charge in [-0.3, -0.25) is 9.69 Å². The highest BCUT2D eigenvalue weighted by Crippen LogP contribution is 2.48. The van der Waals surface area contributed by atoms with Crippen LogP contribution in [0.4, 0.5) is 0 Å². The fraction of sp³-hybridized carbons (Fsp3) is 0.889. The zero-order chi connectivity index (χ0) is 20.9. The van der Waals surface area contributed by atoms with E-state index in [9.17, 15) is 4.79 Å². The Bertz CT molecular complexity index is 621. The number of piperidine rings is 1. The van der Waals surface area contributed by atoms with E-state index >= 15 is 0 Å². The van der Waals surface area contributed by atoms with Crippen molar-refractivity contribution in [3.05, 3.63) is 0 Å². The zero-order valence-electron chi connectivity index (χ0n) is 19.4. The molecule has 4 fully saturated rings. The van der Waals surface area contributed by atoms with Crippen molar-refractivity contribution in [2.24, 2.45) is 29.6 Å². The molecule has 4 aliphatic rings. The summed E-state index contributed by atoms with van der Waals surface area (Å²) in [6.45, 7) is 0. The Labute approximate surface area is 184 Å². The number of nitrogens with zero attached hydrogens (tertiary/aromatic N) is 1. The van der Waals surface area contributed by atoms with Gasteiger partial charge in [-0.15, -0.1) is 5.92 Å². The van der Waals surface area contributed by atoms with Crippen molar-refractivity contribution >= 4 is 5.97 Å². The molecule has 2 heterocycles. The van der Waals surface area contributed by atoms with E-state index < -0.39 is 0 Å². The van der Waals surface area contributed by atoms with Crippen molar-refractivity contribution in [1.29, 1.82) is 0 Å². The van der Waals surface area contributed by atoms with Gasteiger partial charge in [-0.25, -0.2) is 0 Å². The van der Waals surface area contributed by atoms with Crippen LogP contribution in [0.15, 0.2) is 0 Å².